The van der Waals surface area contributed by atoms with Gasteiger partial charge in [0, 0.05) is 17.6 Å². The lowest BCUT2D eigenvalue weighted by molar-refractivity contribution is -0.115. The molecule has 2 N–H and O–H groups in total. The molecule has 0 radical (unpaired) electrons. The summed E-state index contributed by atoms with van der Waals surface area (Å²) in [6.45, 7) is 6.64. The lowest BCUT2D eigenvalue weighted by atomic mass is 10.2. The van der Waals surface area contributed by atoms with Gasteiger partial charge in [-0.3, -0.25) is 4.79 Å². The van der Waals surface area contributed by atoms with Gasteiger partial charge in [-0.15, -0.1) is 10.2 Å². The fraction of sp³-hybridized carbons (Fsp3) is 0.438. The number of aromatic nitrogens is 2. The van der Waals surface area contributed by atoms with Crippen LogP contribution in [-0.2, 0) is 4.79 Å². The molecule has 0 aliphatic heterocycles. The molecule has 1 heterocycles. The molecule has 0 bridgehead atoms. The van der Waals surface area contributed by atoms with E-state index >= 15 is 0 Å². The minimum absolute atomic E-state index is 0.136. The van der Waals surface area contributed by atoms with Crippen LogP contribution in [0.2, 0.25) is 5.02 Å². The first-order valence-electron chi connectivity index (χ1n) is 7.83. The molecule has 0 saturated carbocycles. The highest BCUT2D eigenvalue weighted by Crippen LogP contribution is 2.33. The number of aryl methyl sites for hydroxylation is 1. The Morgan fingerprint density at radius 2 is 2.20 bits per heavy atom. The molecule has 1 atom stereocenters. The average molecular weight is 401 g/mol. The van der Waals surface area contributed by atoms with Gasteiger partial charge in [0.2, 0.25) is 11.0 Å². The molecule has 0 unspecified atom stereocenters. The van der Waals surface area contributed by atoms with Crippen molar-refractivity contribution in [2.75, 3.05) is 24.3 Å². The van der Waals surface area contributed by atoms with Gasteiger partial charge in [0.15, 0.2) is 4.34 Å². The maximum Gasteiger partial charge on any atom is 0.237 e. The minimum atomic E-state index is -0.326. The molecule has 6 nitrogen and oxygen atoms in total. The van der Waals surface area contributed by atoms with Gasteiger partial charge in [0.1, 0.15) is 5.75 Å². The van der Waals surface area contributed by atoms with Gasteiger partial charge in [0.05, 0.1) is 18.0 Å². The number of carbonyl (C=O) groups is 1. The van der Waals surface area contributed by atoms with Crippen molar-refractivity contribution >= 4 is 51.4 Å². The highest BCUT2D eigenvalue weighted by atomic mass is 35.5. The van der Waals surface area contributed by atoms with E-state index in [9.17, 15) is 4.79 Å². The van der Waals surface area contributed by atoms with E-state index in [1.54, 1.807) is 19.2 Å². The van der Waals surface area contributed by atoms with Crippen LogP contribution in [0, 0.1) is 6.92 Å². The topological polar surface area (TPSA) is 76.1 Å². The summed E-state index contributed by atoms with van der Waals surface area (Å²) in [5.41, 5.74) is 1.47. The van der Waals surface area contributed by atoms with Crippen molar-refractivity contribution in [2.45, 2.75) is 36.8 Å². The molecule has 0 spiro atoms. The summed E-state index contributed by atoms with van der Waals surface area (Å²) < 4.78 is 6.04. The van der Waals surface area contributed by atoms with Gasteiger partial charge in [0.25, 0.3) is 0 Å². The van der Waals surface area contributed by atoms with Crippen molar-refractivity contribution in [2.24, 2.45) is 0 Å². The molecule has 0 aliphatic rings. The van der Waals surface area contributed by atoms with Crippen LogP contribution in [0.25, 0.3) is 0 Å². The Labute approximate surface area is 160 Å². The average Bonchev–Trinajstić information content (AvgIpc) is 3.03. The lowest BCUT2D eigenvalue weighted by Gasteiger charge is -2.14. The first-order chi connectivity index (χ1) is 11.9. The number of hydrogen-bond donors (Lipinski definition) is 2. The quantitative estimate of drug-likeness (QED) is 0.637. The van der Waals surface area contributed by atoms with Crippen LogP contribution in [0.5, 0.6) is 5.75 Å². The van der Waals surface area contributed by atoms with Crippen molar-refractivity contribution in [3.8, 4) is 5.75 Å². The number of methoxy groups -OCH3 is 1. The van der Waals surface area contributed by atoms with Gasteiger partial charge < -0.3 is 15.4 Å². The van der Waals surface area contributed by atoms with Crippen molar-refractivity contribution in [1.29, 1.82) is 0 Å². The second kappa shape index (κ2) is 9.26. The molecule has 2 aromatic rings. The van der Waals surface area contributed by atoms with Gasteiger partial charge in [-0.1, -0.05) is 41.6 Å². The number of benzene rings is 1. The van der Waals surface area contributed by atoms with Gasteiger partial charge >= 0.3 is 0 Å². The summed E-state index contributed by atoms with van der Waals surface area (Å²) >= 11 is 8.91. The van der Waals surface area contributed by atoms with E-state index in [0.29, 0.717) is 16.5 Å². The second-order valence-corrected chi connectivity index (χ2v) is 8.32. The fourth-order valence-electron chi connectivity index (χ4n) is 1.93. The summed E-state index contributed by atoms with van der Waals surface area (Å²) in [6, 6.07) is 3.49. The van der Waals surface area contributed by atoms with Gasteiger partial charge in [-0.2, -0.15) is 0 Å². The Kier molecular flexibility index (Phi) is 7.34. The third-order valence-corrected chi connectivity index (χ3v) is 5.79. The minimum Gasteiger partial charge on any atom is -0.495 e. The van der Waals surface area contributed by atoms with E-state index < -0.39 is 0 Å². The first-order valence-corrected chi connectivity index (χ1v) is 9.91. The number of anilines is 2. The fourth-order valence-corrected chi connectivity index (χ4v) is 4.00. The van der Waals surface area contributed by atoms with E-state index in [2.05, 4.69) is 27.8 Å². The van der Waals surface area contributed by atoms with E-state index in [1.807, 2.05) is 13.8 Å². The summed E-state index contributed by atoms with van der Waals surface area (Å²) in [5.74, 6) is 0.395. The number of halogens is 1. The summed E-state index contributed by atoms with van der Waals surface area (Å²) in [4.78, 5) is 12.5. The summed E-state index contributed by atoms with van der Waals surface area (Å²) in [7, 11) is 1.54. The number of hydrogen-bond acceptors (Lipinski definition) is 7. The second-order valence-electron chi connectivity index (χ2n) is 5.35. The van der Waals surface area contributed by atoms with Gasteiger partial charge in [-0.05, 0) is 31.9 Å². The van der Waals surface area contributed by atoms with Gasteiger partial charge in [-0.25, -0.2) is 0 Å². The number of thioether (sulfide) groups is 1. The molecule has 25 heavy (non-hydrogen) atoms. The maximum absolute atomic E-state index is 12.5. The highest BCUT2D eigenvalue weighted by molar-refractivity contribution is 8.02. The Balaban J connectivity index is 2.01. The van der Waals surface area contributed by atoms with Crippen LogP contribution >= 0.6 is 34.7 Å². The normalized spacial score (nSPS) is 11.9. The number of nitrogens with one attached hydrogen (secondary N) is 2. The van der Waals surface area contributed by atoms with E-state index in [0.717, 1.165) is 28.0 Å². The maximum atomic E-state index is 12.5. The van der Waals surface area contributed by atoms with Crippen molar-refractivity contribution in [3.05, 3.63) is 22.7 Å². The molecule has 1 aromatic heterocycles. The molecule has 9 heteroatoms. The summed E-state index contributed by atoms with van der Waals surface area (Å²) in [5, 5.41) is 15.3. The Morgan fingerprint density at radius 1 is 1.44 bits per heavy atom. The monoisotopic (exact) mass is 400 g/mol. The van der Waals surface area contributed by atoms with Crippen molar-refractivity contribution in [1.82, 2.24) is 10.2 Å². The largest absolute Gasteiger partial charge is 0.495 e. The van der Waals surface area contributed by atoms with Crippen molar-refractivity contribution in [3.63, 3.8) is 0 Å². The molecule has 1 aromatic carbocycles. The number of ether oxygens (including phenoxy) is 1. The van der Waals surface area contributed by atoms with E-state index in [-0.39, 0.29) is 11.2 Å². The van der Waals surface area contributed by atoms with E-state index in [1.165, 1.54) is 23.1 Å². The zero-order valence-corrected chi connectivity index (χ0v) is 16.9. The number of carbonyl (C=O) groups excluding carboxylic acids is 1. The molecule has 2 rings (SSSR count). The Bertz CT molecular complexity index is 739. The zero-order valence-electron chi connectivity index (χ0n) is 14.6. The first kappa shape index (κ1) is 19.8. The van der Waals surface area contributed by atoms with E-state index in [4.69, 9.17) is 16.3 Å². The zero-order chi connectivity index (χ0) is 18.4. The molecule has 136 valence electrons. The van der Waals surface area contributed by atoms with Crippen LogP contribution < -0.4 is 15.4 Å². The molecule has 1 amide bonds. The predicted octanol–water partition coefficient (Wildman–Crippen LogP) is 4.45. The molecular formula is C16H21ClN4O2S2. The highest BCUT2D eigenvalue weighted by Gasteiger charge is 2.19. The van der Waals surface area contributed by atoms with Crippen LogP contribution in [0.3, 0.4) is 0 Å². The molecule has 0 fully saturated rings. The van der Waals surface area contributed by atoms with Crippen LogP contribution in [0.4, 0.5) is 10.8 Å². The molecule has 0 saturated heterocycles. The smallest absolute Gasteiger partial charge is 0.237 e. The Morgan fingerprint density at radius 3 is 2.88 bits per heavy atom. The molecule has 0 aliphatic carbocycles. The number of amides is 1. The number of nitrogens with zero attached hydrogens (tertiary/aromatic N) is 2. The van der Waals surface area contributed by atoms with Crippen LogP contribution in [0.1, 0.15) is 25.8 Å². The van der Waals surface area contributed by atoms with Crippen LogP contribution in [-0.4, -0.2) is 35.0 Å². The SMILES string of the molecule is CCCNc1nnc(S[C@H](C)C(=O)Nc2cc(C)c(Cl)cc2OC)s1. The standard InChI is InChI=1S/C16H21ClN4O2S2/c1-5-6-18-15-20-21-16(25-15)24-10(3)14(22)19-12-7-9(2)11(17)8-13(12)23-4/h7-8,10H,5-6H2,1-4H3,(H,18,20)(H,19,22)/t10-/m1/s1. The van der Waals surface area contributed by atoms with Crippen molar-refractivity contribution < 1.29 is 9.53 Å². The third-order valence-electron chi connectivity index (χ3n) is 3.32. The Hall–Kier alpha value is -1.51. The molecular weight excluding hydrogens is 380 g/mol. The number of rotatable bonds is 8. The predicted molar refractivity (Wildman–Crippen MR) is 105 cm³/mol. The summed E-state index contributed by atoms with van der Waals surface area (Å²) in [6.07, 6.45) is 1.02. The third kappa shape index (κ3) is 5.49. The lowest BCUT2D eigenvalue weighted by Crippen LogP contribution is -2.22. The van der Waals surface area contributed by atoms with Crippen LogP contribution in [0.15, 0.2) is 16.5 Å².